The lowest BCUT2D eigenvalue weighted by molar-refractivity contribution is 0.0691. The van der Waals surface area contributed by atoms with Crippen LogP contribution in [0, 0.1) is 5.92 Å². The summed E-state index contributed by atoms with van der Waals surface area (Å²) in [6.45, 7) is 5.91. The van der Waals surface area contributed by atoms with Gasteiger partial charge in [-0.2, -0.15) is 0 Å². The van der Waals surface area contributed by atoms with Gasteiger partial charge in [0.05, 0.1) is 13.2 Å². The summed E-state index contributed by atoms with van der Waals surface area (Å²) in [6, 6.07) is 0. The summed E-state index contributed by atoms with van der Waals surface area (Å²) in [5.41, 5.74) is 0. The number of aliphatic hydroxyl groups excluding tert-OH is 1. The van der Waals surface area contributed by atoms with Crippen molar-refractivity contribution in [3.05, 3.63) is 0 Å². The lowest BCUT2D eigenvalue weighted by Crippen LogP contribution is -2.08. The van der Waals surface area contributed by atoms with Crippen LogP contribution in [0.25, 0.3) is 0 Å². The van der Waals surface area contributed by atoms with Crippen LogP contribution < -0.4 is 0 Å². The summed E-state index contributed by atoms with van der Waals surface area (Å²) in [5, 5.41) is 8.55. The molecule has 0 aliphatic rings. The molecule has 0 amide bonds. The molecule has 0 heterocycles. The van der Waals surface area contributed by atoms with Gasteiger partial charge in [-0.15, -0.1) is 0 Å². The third-order valence-corrected chi connectivity index (χ3v) is 2.69. The second-order valence-electron chi connectivity index (χ2n) is 4.46. The molecule has 1 atom stereocenters. The van der Waals surface area contributed by atoms with E-state index in [0.29, 0.717) is 12.5 Å². The Morgan fingerprint density at radius 1 is 1.07 bits per heavy atom. The highest BCUT2D eigenvalue weighted by molar-refractivity contribution is 4.52. The molecule has 0 aromatic heterocycles. The minimum atomic E-state index is 0.143. The van der Waals surface area contributed by atoms with Gasteiger partial charge >= 0.3 is 0 Å². The van der Waals surface area contributed by atoms with Gasteiger partial charge in [0.2, 0.25) is 0 Å². The van der Waals surface area contributed by atoms with Gasteiger partial charge in [0.15, 0.2) is 0 Å². The molecule has 0 saturated carbocycles. The first kappa shape index (κ1) is 14.9. The Bertz CT molecular complexity index is 115. The zero-order valence-corrected chi connectivity index (χ0v) is 10.5. The predicted octanol–water partition coefficient (Wildman–Crippen LogP) is 3.38. The van der Waals surface area contributed by atoms with Crippen molar-refractivity contribution in [2.45, 2.75) is 58.8 Å². The van der Waals surface area contributed by atoms with Crippen LogP contribution in [0.1, 0.15) is 58.8 Å². The van der Waals surface area contributed by atoms with Crippen molar-refractivity contribution >= 4 is 0 Å². The quantitative estimate of drug-likeness (QED) is 0.536. The van der Waals surface area contributed by atoms with E-state index in [9.17, 15) is 0 Å². The molecule has 0 radical (unpaired) electrons. The van der Waals surface area contributed by atoms with Crippen LogP contribution >= 0.6 is 0 Å². The van der Waals surface area contributed by atoms with Crippen molar-refractivity contribution in [1.82, 2.24) is 0 Å². The fourth-order valence-electron chi connectivity index (χ4n) is 1.71. The normalized spacial score (nSPS) is 13.0. The van der Waals surface area contributed by atoms with Crippen LogP contribution in [0.4, 0.5) is 0 Å². The Hall–Kier alpha value is -0.0800. The zero-order chi connectivity index (χ0) is 11.4. The van der Waals surface area contributed by atoms with E-state index >= 15 is 0 Å². The van der Waals surface area contributed by atoms with Crippen LogP contribution in [0.15, 0.2) is 0 Å². The Morgan fingerprint density at radius 2 is 1.73 bits per heavy atom. The van der Waals surface area contributed by atoms with Crippen LogP contribution in [0.2, 0.25) is 0 Å². The first-order valence-electron chi connectivity index (χ1n) is 6.49. The third kappa shape index (κ3) is 11.8. The highest BCUT2D eigenvalue weighted by Gasteiger charge is 2.01. The number of aliphatic hydroxyl groups is 1. The predicted molar refractivity (Wildman–Crippen MR) is 65.1 cm³/mol. The monoisotopic (exact) mass is 216 g/mol. The van der Waals surface area contributed by atoms with Gasteiger partial charge < -0.3 is 9.84 Å². The second-order valence-corrected chi connectivity index (χ2v) is 4.46. The number of rotatable bonds is 11. The molecule has 1 unspecified atom stereocenters. The minimum Gasteiger partial charge on any atom is -0.394 e. The van der Waals surface area contributed by atoms with Gasteiger partial charge in [0, 0.05) is 6.61 Å². The molecule has 2 heteroatoms. The number of hydrogen-bond acceptors (Lipinski definition) is 2. The molecule has 0 rings (SSSR count). The van der Waals surface area contributed by atoms with Gasteiger partial charge in [-0.25, -0.2) is 0 Å². The highest BCUT2D eigenvalue weighted by atomic mass is 16.5. The molecule has 0 saturated heterocycles. The Kier molecular flexibility index (Phi) is 11.9. The second kappa shape index (κ2) is 12.0. The van der Waals surface area contributed by atoms with E-state index in [1.807, 2.05) is 0 Å². The fourth-order valence-corrected chi connectivity index (χ4v) is 1.71. The van der Waals surface area contributed by atoms with E-state index < -0.39 is 0 Å². The molecule has 0 aliphatic heterocycles. The van der Waals surface area contributed by atoms with E-state index in [-0.39, 0.29) is 6.61 Å². The van der Waals surface area contributed by atoms with Gasteiger partial charge in [-0.05, 0) is 12.3 Å². The SMILES string of the molecule is CCCCCCCCC(C)COCCO. The highest BCUT2D eigenvalue weighted by Crippen LogP contribution is 2.12. The standard InChI is InChI=1S/C13H28O2/c1-3-4-5-6-7-8-9-13(2)12-15-11-10-14/h13-14H,3-12H2,1-2H3. The van der Waals surface area contributed by atoms with Crippen molar-refractivity contribution in [3.63, 3.8) is 0 Å². The molecule has 0 aromatic carbocycles. The number of unbranched alkanes of at least 4 members (excludes halogenated alkanes) is 5. The van der Waals surface area contributed by atoms with Crippen LogP contribution in [-0.4, -0.2) is 24.9 Å². The van der Waals surface area contributed by atoms with E-state index in [1.165, 1.54) is 44.9 Å². The van der Waals surface area contributed by atoms with E-state index in [0.717, 1.165) is 6.61 Å². The maximum atomic E-state index is 8.55. The first-order chi connectivity index (χ1) is 7.31. The summed E-state index contributed by atoms with van der Waals surface area (Å²) in [5.74, 6) is 0.641. The topological polar surface area (TPSA) is 29.5 Å². The molecule has 0 spiro atoms. The smallest absolute Gasteiger partial charge is 0.0697 e. The molecule has 92 valence electrons. The van der Waals surface area contributed by atoms with Crippen LogP contribution in [0.3, 0.4) is 0 Å². The third-order valence-electron chi connectivity index (χ3n) is 2.69. The Balaban J connectivity index is 3.06. The van der Waals surface area contributed by atoms with Gasteiger partial charge in [0.25, 0.3) is 0 Å². The molecule has 0 aromatic rings. The molecular formula is C13H28O2. The van der Waals surface area contributed by atoms with Crippen molar-refractivity contribution in [2.75, 3.05) is 19.8 Å². The van der Waals surface area contributed by atoms with Crippen molar-refractivity contribution < 1.29 is 9.84 Å². The summed E-state index contributed by atoms with van der Waals surface area (Å²) in [6.07, 6.45) is 9.44. The van der Waals surface area contributed by atoms with Gasteiger partial charge in [-0.1, -0.05) is 52.4 Å². The zero-order valence-electron chi connectivity index (χ0n) is 10.5. The Morgan fingerprint density at radius 3 is 2.40 bits per heavy atom. The van der Waals surface area contributed by atoms with Gasteiger partial charge in [0.1, 0.15) is 0 Å². The molecule has 0 aliphatic carbocycles. The molecular weight excluding hydrogens is 188 g/mol. The summed E-state index contributed by atoms with van der Waals surface area (Å²) in [4.78, 5) is 0. The van der Waals surface area contributed by atoms with Crippen molar-refractivity contribution in [2.24, 2.45) is 5.92 Å². The molecule has 1 N–H and O–H groups in total. The van der Waals surface area contributed by atoms with Crippen LogP contribution in [-0.2, 0) is 4.74 Å². The summed E-state index contributed by atoms with van der Waals surface area (Å²) >= 11 is 0. The average Bonchev–Trinajstić information content (AvgIpc) is 2.23. The average molecular weight is 216 g/mol. The molecule has 0 bridgehead atoms. The molecule has 15 heavy (non-hydrogen) atoms. The van der Waals surface area contributed by atoms with Crippen LogP contribution in [0.5, 0.6) is 0 Å². The maximum Gasteiger partial charge on any atom is 0.0697 e. The lowest BCUT2D eigenvalue weighted by atomic mass is 10.0. The molecule has 2 nitrogen and oxygen atoms in total. The largest absolute Gasteiger partial charge is 0.394 e. The number of ether oxygens (including phenoxy) is 1. The van der Waals surface area contributed by atoms with E-state index in [1.54, 1.807) is 0 Å². The summed E-state index contributed by atoms with van der Waals surface area (Å²) in [7, 11) is 0. The molecule has 0 fully saturated rings. The summed E-state index contributed by atoms with van der Waals surface area (Å²) < 4.78 is 5.29. The van der Waals surface area contributed by atoms with E-state index in [2.05, 4.69) is 13.8 Å². The van der Waals surface area contributed by atoms with Crippen molar-refractivity contribution in [1.29, 1.82) is 0 Å². The van der Waals surface area contributed by atoms with E-state index in [4.69, 9.17) is 9.84 Å². The van der Waals surface area contributed by atoms with Gasteiger partial charge in [-0.3, -0.25) is 0 Å². The van der Waals surface area contributed by atoms with Crippen molar-refractivity contribution in [3.8, 4) is 0 Å². The first-order valence-corrected chi connectivity index (χ1v) is 6.49. The Labute approximate surface area is 95.0 Å². The number of hydrogen-bond donors (Lipinski definition) is 1. The maximum absolute atomic E-state index is 8.55. The fraction of sp³-hybridized carbons (Fsp3) is 1.00. The minimum absolute atomic E-state index is 0.143. The lowest BCUT2D eigenvalue weighted by Gasteiger charge is -2.11.